The van der Waals surface area contributed by atoms with Crippen molar-refractivity contribution in [3.8, 4) is 11.6 Å². The van der Waals surface area contributed by atoms with Crippen molar-refractivity contribution < 1.29 is 9.13 Å². The Morgan fingerprint density at radius 2 is 2.10 bits per heavy atom. The molecular weight excluding hydrogens is 345 g/mol. The van der Waals surface area contributed by atoms with Gasteiger partial charge in [-0.3, -0.25) is 0 Å². The van der Waals surface area contributed by atoms with Gasteiger partial charge in [0.2, 0.25) is 11.8 Å². The van der Waals surface area contributed by atoms with Crippen LogP contribution in [-0.2, 0) is 0 Å². The van der Waals surface area contributed by atoms with Crippen molar-refractivity contribution in [1.82, 2.24) is 9.97 Å². The number of hydrogen-bond donors (Lipinski definition) is 1. The van der Waals surface area contributed by atoms with Gasteiger partial charge in [0.25, 0.3) is 0 Å². The summed E-state index contributed by atoms with van der Waals surface area (Å²) in [6, 6.07) is 6.33. The second-order valence-electron chi connectivity index (χ2n) is 4.14. The Morgan fingerprint density at radius 3 is 2.85 bits per heavy atom. The van der Waals surface area contributed by atoms with Gasteiger partial charge in [-0.1, -0.05) is 0 Å². The predicted octanol–water partition coefficient (Wildman–Crippen LogP) is 4.28. The van der Waals surface area contributed by atoms with Crippen molar-refractivity contribution in [3.05, 3.63) is 39.4 Å². The van der Waals surface area contributed by atoms with Gasteiger partial charge in [0.05, 0.1) is 9.86 Å². The highest BCUT2D eigenvalue weighted by Gasteiger charge is 2.12. The maximum absolute atomic E-state index is 13.2. The van der Waals surface area contributed by atoms with Gasteiger partial charge < -0.3 is 10.5 Å². The number of aryl methyl sites for hydroxylation is 1. The third-order valence-corrected chi connectivity index (χ3v) is 4.16. The molecule has 2 heterocycles. The van der Waals surface area contributed by atoms with Crippen molar-refractivity contribution in [3.63, 3.8) is 0 Å². The Kier molecular flexibility index (Phi) is 3.31. The predicted molar refractivity (Wildman–Crippen MR) is 80.7 cm³/mol. The van der Waals surface area contributed by atoms with Gasteiger partial charge in [0.15, 0.2) is 0 Å². The largest absolute Gasteiger partial charge is 0.438 e. The molecular formula is C13H9BrFN3OS. The second-order valence-corrected chi connectivity index (χ2v) is 6.23. The SMILES string of the molecule is Cc1cc2c(Oc3ccc(F)c(Br)c3)nc(N)nc2s1. The van der Waals surface area contributed by atoms with Crippen LogP contribution in [0.4, 0.5) is 10.3 Å². The smallest absolute Gasteiger partial charge is 0.232 e. The molecule has 3 rings (SSSR count). The van der Waals surface area contributed by atoms with Gasteiger partial charge in [-0.05, 0) is 47.1 Å². The van der Waals surface area contributed by atoms with Crippen LogP contribution < -0.4 is 10.5 Å². The van der Waals surface area contributed by atoms with Crippen molar-refractivity contribution >= 4 is 43.4 Å². The summed E-state index contributed by atoms with van der Waals surface area (Å²) in [7, 11) is 0. The molecule has 0 radical (unpaired) electrons. The summed E-state index contributed by atoms with van der Waals surface area (Å²) < 4.78 is 19.2. The van der Waals surface area contributed by atoms with Crippen LogP contribution in [0.15, 0.2) is 28.7 Å². The Bertz CT molecular complexity index is 806. The van der Waals surface area contributed by atoms with Crippen LogP contribution in [0.25, 0.3) is 10.2 Å². The molecule has 3 aromatic rings. The average molecular weight is 354 g/mol. The molecule has 0 aliphatic carbocycles. The van der Waals surface area contributed by atoms with E-state index in [0.29, 0.717) is 16.1 Å². The number of nitrogen functional groups attached to an aromatic ring is 1. The van der Waals surface area contributed by atoms with Crippen molar-refractivity contribution in [2.24, 2.45) is 0 Å². The molecule has 0 unspecified atom stereocenters. The minimum Gasteiger partial charge on any atom is -0.438 e. The Morgan fingerprint density at radius 1 is 1.30 bits per heavy atom. The number of rotatable bonds is 2. The minimum atomic E-state index is -0.351. The molecule has 0 atom stereocenters. The zero-order valence-electron chi connectivity index (χ0n) is 10.4. The first-order valence-electron chi connectivity index (χ1n) is 5.69. The summed E-state index contributed by atoms with van der Waals surface area (Å²) in [4.78, 5) is 10.1. The standard InChI is InChI=1S/C13H9BrFN3OS/c1-6-4-8-11(17-13(16)18-12(8)20-6)19-7-2-3-10(15)9(14)5-7/h2-5H,1H3,(H2,16,17,18). The third kappa shape index (κ3) is 2.46. The molecule has 0 spiro atoms. The van der Waals surface area contributed by atoms with Crippen molar-refractivity contribution in [2.75, 3.05) is 5.73 Å². The number of hydrogen-bond acceptors (Lipinski definition) is 5. The summed E-state index contributed by atoms with van der Waals surface area (Å²) in [5.74, 6) is 0.642. The molecule has 0 fully saturated rings. The average Bonchev–Trinajstić information content (AvgIpc) is 2.74. The molecule has 2 N–H and O–H groups in total. The van der Waals surface area contributed by atoms with Crippen molar-refractivity contribution in [2.45, 2.75) is 6.92 Å². The fourth-order valence-electron chi connectivity index (χ4n) is 1.76. The number of nitrogens with two attached hydrogens (primary N) is 1. The number of fused-ring (bicyclic) bond motifs is 1. The van der Waals surface area contributed by atoms with E-state index in [-0.39, 0.29) is 11.8 Å². The minimum absolute atomic E-state index is 0.149. The molecule has 0 saturated heterocycles. The highest BCUT2D eigenvalue weighted by atomic mass is 79.9. The molecule has 2 aromatic heterocycles. The quantitative estimate of drug-likeness (QED) is 0.746. The first-order chi connectivity index (χ1) is 9.52. The Hall–Kier alpha value is -1.73. The number of thiophene rings is 1. The molecule has 102 valence electrons. The fraction of sp³-hybridized carbons (Fsp3) is 0.0769. The summed E-state index contributed by atoms with van der Waals surface area (Å²) in [5, 5.41) is 0.794. The van der Waals surface area contributed by atoms with E-state index in [1.165, 1.54) is 23.5 Å². The van der Waals surface area contributed by atoms with Crippen LogP contribution in [0.5, 0.6) is 11.6 Å². The van der Waals surface area contributed by atoms with E-state index >= 15 is 0 Å². The van der Waals surface area contributed by atoms with E-state index < -0.39 is 0 Å². The molecule has 20 heavy (non-hydrogen) atoms. The molecule has 1 aromatic carbocycles. The number of benzene rings is 1. The Labute approximate surface area is 126 Å². The molecule has 0 amide bonds. The summed E-state index contributed by atoms with van der Waals surface area (Å²) in [6.07, 6.45) is 0. The highest BCUT2D eigenvalue weighted by molar-refractivity contribution is 9.10. The van der Waals surface area contributed by atoms with Gasteiger partial charge in [0.1, 0.15) is 16.4 Å². The Balaban J connectivity index is 2.07. The topological polar surface area (TPSA) is 61.0 Å². The third-order valence-electron chi connectivity index (χ3n) is 2.60. The lowest BCUT2D eigenvalue weighted by molar-refractivity contribution is 0.467. The monoisotopic (exact) mass is 353 g/mol. The van der Waals surface area contributed by atoms with Crippen LogP contribution in [0.3, 0.4) is 0 Å². The fourth-order valence-corrected chi connectivity index (χ4v) is 3.00. The summed E-state index contributed by atoms with van der Waals surface area (Å²) in [5.41, 5.74) is 5.68. The number of halogens is 2. The van der Waals surface area contributed by atoms with Gasteiger partial charge in [-0.25, -0.2) is 9.37 Å². The van der Waals surface area contributed by atoms with Gasteiger partial charge in [-0.2, -0.15) is 4.98 Å². The lowest BCUT2D eigenvalue weighted by Crippen LogP contribution is -1.97. The molecule has 4 nitrogen and oxygen atoms in total. The number of nitrogens with zero attached hydrogens (tertiary/aromatic N) is 2. The number of anilines is 1. The molecule has 0 bridgehead atoms. The lowest BCUT2D eigenvalue weighted by Gasteiger charge is -2.07. The highest BCUT2D eigenvalue weighted by Crippen LogP contribution is 2.34. The van der Waals surface area contributed by atoms with E-state index in [9.17, 15) is 4.39 Å². The van der Waals surface area contributed by atoms with Crippen LogP contribution >= 0.6 is 27.3 Å². The first kappa shape index (κ1) is 13.3. The van der Waals surface area contributed by atoms with Crippen LogP contribution in [0.1, 0.15) is 4.88 Å². The van der Waals surface area contributed by atoms with E-state index in [4.69, 9.17) is 10.5 Å². The van der Waals surface area contributed by atoms with E-state index in [1.807, 2.05) is 13.0 Å². The van der Waals surface area contributed by atoms with E-state index in [1.54, 1.807) is 6.07 Å². The summed E-state index contributed by atoms with van der Waals surface area (Å²) in [6.45, 7) is 1.97. The number of aromatic nitrogens is 2. The molecule has 0 saturated carbocycles. The lowest BCUT2D eigenvalue weighted by atomic mass is 10.3. The summed E-state index contributed by atoms with van der Waals surface area (Å²) >= 11 is 4.63. The first-order valence-corrected chi connectivity index (χ1v) is 7.30. The zero-order chi connectivity index (χ0) is 14.3. The second kappa shape index (κ2) is 4.99. The maximum Gasteiger partial charge on any atom is 0.232 e. The van der Waals surface area contributed by atoms with Crippen LogP contribution in [0, 0.1) is 12.7 Å². The van der Waals surface area contributed by atoms with Crippen molar-refractivity contribution in [1.29, 1.82) is 0 Å². The van der Waals surface area contributed by atoms with Crippen LogP contribution in [-0.4, -0.2) is 9.97 Å². The van der Waals surface area contributed by atoms with Gasteiger partial charge in [0, 0.05) is 4.88 Å². The zero-order valence-corrected chi connectivity index (χ0v) is 12.8. The molecule has 7 heteroatoms. The maximum atomic E-state index is 13.2. The van der Waals surface area contributed by atoms with E-state index in [0.717, 1.165) is 15.1 Å². The van der Waals surface area contributed by atoms with E-state index in [2.05, 4.69) is 25.9 Å². The number of ether oxygens (including phenoxy) is 1. The van der Waals surface area contributed by atoms with Crippen LogP contribution in [0.2, 0.25) is 0 Å². The molecule has 0 aliphatic rings. The van der Waals surface area contributed by atoms with Gasteiger partial charge >= 0.3 is 0 Å². The van der Waals surface area contributed by atoms with Gasteiger partial charge in [-0.15, -0.1) is 11.3 Å². The normalized spacial score (nSPS) is 10.9. The molecule has 0 aliphatic heterocycles.